The number of ether oxygens (including phenoxy) is 1. The van der Waals surface area contributed by atoms with E-state index in [9.17, 15) is 9.59 Å². The van der Waals surface area contributed by atoms with E-state index in [0.717, 1.165) is 16.6 Å². The Balaban J connectivity index is 1.77. The van der Waals surface area contributed by atoms with E-state index in [1.807, 2.05) is 30.3 Å². The van der Waals surface area contributed by atoms with Crippen LogP contribution < -0.4 is 4.90 Å². The molecule has 0 bridgehead atoms. The van der Waals surface area contributed by atoms with Crippen molar-refractivity contribution in [3.8, 4) is 0 Å². The zero-order valence-electron chi connectivity index (χ0n) is 13.8. The minimum atomic E-state index is -0.0945. The largest absolute Gasteiger partial charge is 0.378 e. The molecular weight excluding hydrogens is 306 g/mol. The lowest BCUT2D eigenvalue weighted by molar-refractivity contribution is -0.135. The average Bonchev–Trinajstić information content (AvgIpc) is 2.62. The van der Waals surface area contributed by atoms with E-state index in [1.54, 1.807) is 16.0 Å². The molecule has 1 saturated heterocycles. The Kier molecular flexibility index (Phi) is 5.05. The standard InChI is InChI=1S/C18H21N3O3/c1-14(22)21(9-7-17(23)20-10-12-24-13-11-20)16-6-2-4-15-5-3-8-19-18(15)16/h2-6,8H,7,9-13H2,1H3. The lowest BCUT2D eigenvalue weighted by Crippen LogP contribution is -2.42. The van der Waals surface area contributed by atoms with E-state index in [-0.39, 0.29) is 11.8 Å². The van der Waals surface area contributed by atoms with Gasteiger partial charge in [-0.1, -0.05) is 18.2 Å². The maximum absolute atomic E-state index is 12.3. The number of para-hydroxylation sites is 1. The molecule has 2 aromatic rings. The molecule has 0 N–H and O–H groups in total. The van der Waals surface area contributed by atoms with E-state index in [4.69, 9.17) is 4.74 Å². The van der Waals surface area contributed by atoms with Crippen LogP contribution in [0.5, 0.6) is 0 Å². The average molecular weight is 327 g/mol. The van der Waals surface area contributed by atoms with Gasteiger partial charge in [-0.3, -0.25) is 14.6 Å². The van der Waals surface area contributed by atoms with Gasteiger partial charge in [0.1, 0.15) is 0 Å². The summed E-state index contributed by atoms with van der Waals surface area (Å²) in [4.78, 5) is 32.3. The van der Waals surface area contributed by atoms with Gasteiger partial charge in [0.15, 0.2) is 0 Å². The van der Waals surface area contributed by atoms with Crippen molar-refractivity contribution >= 4 is 28.4 Å². The normalized spacial score (nSPS) is 14.6. The van der Waals surface area contributed by atoms with Crippen LogP contribution in [0.1, 0.15) is 13.3 Å². The molecule has 0 radical (unpaired) electrons. The van der Waals surface area contributed by atoms with Crippen LogP contribution in [-0.2, 0) is 14.3 Å². The van der Waals surface area contributed by atoms with Crippen LogP contribution in [0.4, 0.5) is 5.69 Å². The number of nitrogens with zero attached hydrogens (tertiary/aromatic N) is 3. The van der Waals surface area contributed by atoms with Gasteiger partial charge in [-0.2, -0.15) is 0 Å². The number of carbonyl (C=O) groups excluding carboxylic acids is 2. The molecule has 1 aliphatic heterocycles. The van der Waals surface area contributed by atoms with E-state index >= 15 is 0 Å². The van der Waals surface area contributed by atoms with Gasteiger partial charge in [0.05, 0.1) is 24.4 Å². The number of carbonyl (C=O) groups is 2. The first-order valence-electron chi connectivity index (χ1n) is 8.14. The van der Waals surface area contributed by atoms with Gasteiger partial charge >= 0.3 is 0 Å². The third-order valence-corrected chi connectivity index (χ3v) is 4.20. The molecule has 1 aromatic carbocycles. The molecule has 6 nitrogen and oxygen atoms in total. The summed E-state index contributed by atoms with van der Waals surface area (Å²) < 4.78 is 5.26. The number of rotatable bonds is 4. The van der Waals surface area contributed by atoms with Gasteiger partial charge in [-0.05, 0) is 12.1 Å². The Hall–Kier alpha value is -2.47. The second kappa shape index (κ2) is 7.40. The number of morpholine rings is 1. The highest BCUT2D eigenvalue weighted by Gasteiger charge is 2.20. The summed E-state index contributed by atoms with van der Waals surface area (Å²) >= 11 is 0. The quantitative estimate of drug-likeness (QED) is 0.859. The third kappa shape index (κ3) is 3.54. The number of amides is 2. The van der Waals surface area contributed by atoms with Crippen LogP contribution in [0, 0.1) is 0 Å². The van der Waals surface area contributed by atoms with Gasteiger partial charge in [0.2, 0.25) is 11.8 Å². The summed E-state index contributed by atoms with van der Waals surface area (Å²) in [7, 11) is 0. The highest BCUT2D eigenvalue weighted by atomic mass is 16.5. The molecule has 24 heavy (non-hydrogen) atoms. The van der Waals surface area contributed by atoms with E-state index in [0.29, 0.717) is 39.3 Å². The zero-order chi connectivity index (χ0) is 16.9. The van der Waals surface area contributed by atoms with Gasteiger partial charge in [-0.15, -0.1) is 0 Å². The number of aromatic nitrogens is 1. The van der Waals surface area contributed by atoms with Crippen LogP contribution in [0.2, 0.25) is 0 Å². The number of hydrogen-bond donors (Lipinski definition) is 0. The number of fused-ring (bicyclic) bond motifs is 1. The van der Waals surface area contributed by atoms with Crippen molar-refractivity contribution in [3.63, 3.8) is 0 Å². The second-order valence-electron chi connectivity index (χ2n) is 5.77. The summed E-state index contributed by atoms with van der Waals surface area (Å²) in [6.45, 7) is 4.26. The van der Waals surface area contributed by atoms with Crippen LogP contribution >= 0.6 is 0 Å². The lowest BCUT2D eigenvalue weighted by Gasteiger charge is -2.28. The van der Waals surface area contributed by atoms with Crippen molar-refractivity contribution < 1.29 is 14.3 Å². The Bertz CT molecular complexity index is 736. The Labute approximate surface area is 141 Å². The number of benzene rings is 1. The molecule has 1 aliphatic rings. The maximum Gasteiger partial charge on any atom is 0.224 e. The molecular formula is C18H21N3O3. The highest BCUT2D eigenvalue weighted by molar-refractivity contribution is 6.01. The summed E-state index contributed by atoms with van der Waals surface area (Å²) in [5.41, 5.74) is 1.52. The molecule has 1 aromatic heterocycles. The lowest BCUT2D eigenvalue weighted by atomic mass is 10.1. The van der Waals surface area contributed by atoms with Crippen LogP contribution in [0.15, 0.2) is 36.5 Å². The van der Waals surface area contributed by atoms with Crippen molar-refractivity contribution in [3.05, 3.63) is 36.5 Å². The Morgan fingerprint density at radius 3 is 2.71 bits per heavy atom. The maximum atomic E-state index is 12.3. The van der Waals surface area contributed by atoms with Gasteiger partial charge in [0.25, 0.3) is 0 Å². The molecule has 0 spiro atoms. The van der Waals surface area contributed by atoms with E-state index in [1.165, 1.54) is 6.92 Å². The Morgan fingerprint density at radius 1 is 1.21 bits per heavy atom. The number of pyridine rings is 1. The zero-order valence-corrected chi connectivity index (χ0v) is 13.8. The van der Waals surface area contributed by atoms with Gasteiger partial charge < -0.3 is 14.5 Å². The number of anilines is 1. The number of hydrogen-bond acceptors (Lipinski definition) is 4. The molecule has 0 aliphatic carbocycles. The van der Waals surface area contributed by atoms with Crippen molar-refractivity contribution in [2.24, 2.45) is 0 Å². The molecule has 3 rings (SSSR count). The summed E-state index contributed by atoms with van der Waals surface area (Å²) in [5.74, 6) is -0.0410. The van der Waals surface area contributed by atoms with Crippen LogP contribution in [0.3, 0.4) is 0 Å². The van der Waals surface area contributed by atoms with E-state index < -0.39 is 0 Å². The topological polar surface area (TPSA) is 62.7 Å². The first-order chi connectivity index (χ1) is 11.7. The van der Waals surface area contributed by atoms with Gasteiger partial charge in [-0.25, -0.2) is 0 Å². The molecule has 0 unspecified atom stereocenters. The smallest absolute Gasteiger partial charge is 0.224 e. The molecule has 0 atom stereocenters. The molecule has 2 heterocycles. The molecule has 2 amide bonds. The Morgan fingerprint density at radius 2 is 1.96 bits per heavy atom. The fourth-order valence-electron chi connectivity index (χ4n) is 2.93. The van der Waals surface area contributed by atoms with Crippen LogP contribution in [0.25, 0.3) is 10.9 Å². The highest BCUT2D eigenvalue weighted by Crippen LogP contribution is 2.25. The van der Waals surface area contributed by atoms with Crippen molar-refractivity contribution in [1.29, 1.82) is 0 Å². The first-order valence-corrected chi connectivity index (χ1v) is 8.14. The fourth-order valence-corrected chi connectivity index (χ4v) is 2.93. The summed E-state index contributed by atoms with van der Waals surface area (Å²) in [5, 5.41) is 0.973. The molecule has 0 saturated carbocycles. The predicted octanol–water partition coefficient (Wildman–Crippen LogP) is 1.84. The molecule has 1 fully saturated rings. The van der Waals surface area contributed by atoms with Crippen molar-refractivity contribution in [2.45, 2.75) is 13.3 Å². The van der Waals surface area contributed by atoms with Crippen molar-refractivity contribution in [2.75, 3.05) is 37.7 Å². The minimum Gasteiger partial charge on any atom is -0.378 e. The van der Waals surface area contributed by atoms with E-state index in [2.05, 4.69) is 4.98 Å². The second-order valence-corrected chi connectivity index (χ2v) is 5.77. The minimum absolute atomic E-state index is 0.0535. The third-order valence-electron chi connectivity index (χ3n) is 4.20. The predicted molar refractivity (Wildman–Crippen MR) is 91.8 cm³/mol. The summed E-state index contributed by atoms with van der Waals surface area (Å²) in [6, 6.07) is 9.56. The van der Waals surface area contributed by atoms with Crippen LogP contribution in [-0.4, -0.2) is 54.5 Å². The molecule has 126 valence electrons. The SMILES string of the molecule is CC(=O)N(CCC(=O)N1CCOCC1)c1cccc2cccnc12. The monoisotopic (exact) mass is 327 g/mol. The van der Waals surface area contributed by atoms with Gasteiger partial charge in [0, 0.05) is 44.6 Å². The summed E-state index contributed by atoms with van der Waals surface area (Å²) in [6.07, 6.45) is 2.01. The molecule has 6 heteroatoms. The van der Waals surface area contributed by atoms with Crippen molar-refractivity contribution in [1.82, 2.24) is 9.88 Å². The fraction of sp³-hybridized carbons (Fsp3) is 0.389. The first kappa shape index (κ1) is 16.4.